The SMILES string of the molecule is NCC1(Cc2ccc(Cl)cc2F)CCCc2ccccc21. The van der Waals surface area contributed by atoms with Crippen molar-refractivity contribution in [3.8, 4) is 0 Å². The van der Waals surface area contributed by atoms with Gasteiger partial charge in [0.1, 0.15) is 5.82 Å². The highest BCUT2D eigenvalue weighted by Gasteiger charge is 2.35. The molecule has 3 rings (SSSR count). The van der Waals surface area contributed by atoms with Crippen molar-refractivity contribution in [2.45, 2.75) is 31.1 Å². The molecular weight excluding hydrogens is 285 g/mol. The summed E-state index contributed by atoms with van der Waals surface area (Å²) < 4.78 is 14.2. The van der Waals surface area contributed by atoms with E-state index in [0.717, 1.165) is 19.3 Å². The molecule has 1 nitrogen and oxygen atoms in total. The molecule has 0 radical (unpaired) electrons. The van der Waals surface area contributed by atoms with E-state index in [1.807, 2.05) is 6.07 Å². The van der Waals surface area contributed by atoms with Crippen molar-refractivity contribution in [2.24, 2.45) is 5.73 Å². The van der Waals surface area contributed by atoms with Gasteiger partial charge in [0.2, 0.25) is 0 Å². The quantitative estimate of drug-likeness (QED) is 0.901. The van der Waals surface area contributed by atoms with E-state index >= 15 is 0 Å². The van der Waals surface area contributed by atoms with Crippen LogP contribution in [0.15, 0.2) is 42.5 Å². The zero-order valence-corrected chi connectivity index (χ0v) is 12.7. The maximum atomic E-state index is 14.2. The highest BCUT2D eigenvalue weighted by Crippen LogP contribution is 2.39. The number of nitrogens with two attached hydrogens (primary N) is 1. The maximum absolute atomic E-state index is 14.2. The first-order valence-corrected chi connectivity index (χ1v) is 7.75. The third-order valence-electron chi connectivity index (χ3n) is 4.62. The molecule has 2 aromatic carbocycles. The largest absolute Gasteiger partial charge is 0.330 e. The standard InChI is InChI=1S/C18H19ClFN/c19-15-8-7-14(17(20)10-15)11-18(12-21)9-3-5-13-4-1-2-6-16(13)18/h1-2,4,6-8,10H,3,5,9,11-12,21H2. The number of hydrogen-bond donors (Lipinski definition) is 1. The summed E-state index contributed by atoms with van der Waals surface area (Å²) in [5.41, 5.74) is 9.30. The van der Waals surface area contributed by atoms with Gasteiger partial charge >= 0.3 is 0 Å². The Morgan fingerprint density at radius 3 is 2.76 bits per heavy atom. The molecule has 0 saturated heterocycles. The molecule has 0 aliphatic heterocycles. The van der Waals surface area contributed by atoms with Crippen molar-refractivity contribution in [1.82, 2.24) is 0 Å². The summed E-state index contributed by atoms with van der Waals surface area (Å²) in [6.45, 7) is 0.534. The Kier molecular flexibility index (Phi) is 4.01. The lowest BCUT2D eigenvalue weighted by Gasteiger charge is -2.38. The minimum Gasteiger partial charge on any atom is -0.330 e. The molecule has 0 fully saturated rings. The summed E-state index contributed by atoms with van der Waals surface area (Å²) in [4.78, 5) is 0. The second-order valence-electron chi connectivity index (χ2n) is 5.91. The lowest BCUT2D eigenvalue weighted by Crippen LogP contribution is -2.40. The van der Waals surface area contributed by atoms with Gasteiger partial charge in [0.05, 0.1) is 0 Å². The number of benzene rings is 2. The van der Waals surface area contributed by atoms with Crippen molar-refractivity contribution in [3.63, 3.8) is 0 Å². The lowest BCUT2D eigenvalue weighted by atomic mass is 9.67. The number of fused-ring (bicyclic) bond motifs is 1. The van der Waals surface area contributed by atoms with Gasteiger partial charge in [0.15, 0.2) is 0 Å². The first-order valence-electron chi connectivity index (χ1n) is 7.37. The minimum atomic E-state index is -0.238. The highest BCUT2D eigenvalue weighted by atomic mass is 35.5. The average molecular weight is 304 g/mol. The first kappa shape index (κ1) is 14.6. The van der Waals surface area contributed by atoms with Crippen LogP contribution in [0.1, 0.15) is 29.5 Å². The Hall–Kier alpha value is -1.38. The predicted molar refractivity (Wildman–Crippen MR) is 85.2 cm³/mol. The lowest BCUT2D eigenvalue weighted by molar-refractivity contribution is 0.361. The molecule has 1 unspecified atom stereocenters. The van der Waals surface area contributed by atoms with Crippen LogP contribution in [0.5, 0.6) is 0 Å². The van der Waals surface area contributed by atoms with Crippen LogP contribution in [0.4, 0.5) is 4.39 Å². The second-order valence-corrected chi connectivity index (χ2v) is 6.34. The summed E-state index contributed by atoms with van der Waals surface area (Å²) in [5, 5.41) is 0.432. The van der Waals surface area contributed by atoms with Crippen LogP contribution in [0.3, 0.4) is 0 Å². The number of aryl methyl sites for hydroxylation is 1. The number of rotatable bonds is 3. The van der Waals surface area contributed by atoms with Crippen LogP contribution in [0.2, 0.25) is 5.02 Å². The van der Waals surface area contributed by atoms with E-state index in [1.165, 1.54) is 17.2 Å². The van der Waals surface area contributed by atoms with Gasteiger partial charge in [-0.05, 0) is 54.5 Å². The monoisotopic (exact) mass is 303 g/mol. The van der Waals surface area contributed by atoms with Gasteiger partial charge in [-0.3, -0.25) is 0 Å². The Morgan fingerprint density at radius 1 is 1.19 bits per heavy atom. The molecular formula is C18H19ClFN. The number of hydrogen-bond acceptors (Lipinski definition) is 1. The maximum Gasteiger partial charge on any atom is 0.127 e. The normalized spacial score (nSPS) is 21.1. The smallest absolute Gasteiger partial charge is 0.127 e. The van der Waals surface area contributed by atoms with Crippen LogP contribution >= 0.6 is 11.6 Å². The van der Waals surface area contributed by atoms with E-state index in [4.69, 9.17) is 17.3 Å². The molecule has 0 spiro atoms. The fourth-order valence-corrected chi connectivity index (χ4v) is 3.66. The zero-order chi connectivity index (χ0) is 14.9. The molecule has 0 aromatic heterocycles. The van der Waals surface area contributed by atoms with Gasteiger partial charge < -0.3 is 5.73 Å². The Morgan fingerprint density at radius 2 is 2.00 bits per heavy atom. The van der Waals surface area contributed by atoms with E-state index in [0.29, 0.717) is 23.6 Å². The molecule has 2 aromatic rings. The van der Waals surface area contributed by atoms with E-state index in [2.05, 4.69) is 18.2 Å². The molecule has 0 amide bonds. The van der Waals surface area contributed by atoms with Crippen LogP contribution in [-0.2, 0) is 18.3 Å². The predicted octanol–water partition coefficient (Wildman–Crippen LogP) is 4.25. The average Bonchev–Trinajstić information content (AvgIpc) is 2.50. The molecule has 2 N–H and O–H groups in total. The van der Waals surface area contributed by atoms with E-state index in [-0.39, 0.29) is 11.2 Å². The molecule has 1 aliphatic rings. The van der Waals surface area contributed by atoms with Crippen LogP contribution in [0.25, 0.3) is 0 Å². The van der Waals surface area contributed by atoms with Gasteiger partial charge in [-0.25, -0.2) is 4.39 Å². The van der Waals surface area contributed by atoms with Crippen LogP contribution < -0.4 is 5.73 Å². The molecule has 0 saturated carbocycles. The van der Waals surface area contributed by atoms with Crippen molar-refractivity contribution < 1.29 is 4.39 Å². The Balaban J connectivity index is 2.02. The fourth-order valence-electron chi connectivity index (χ4n) is 3.50. The summed E-state index contributed by atoms with van der Waals surface area (Å²) in [5.74, 6) is -0.238. The summed E-state index contributed by atoms with van der Waals surface area (Å²) in [6.07, 6.45) is 3.82. The highest BCUT2D eigenvalue weighted by molar-refractivity contribution is 6.30. The number of halogens is 2. The fraction of sp³-hybridized carbons (Fsp3) is 0.333. The molecule has 110 valence electrons. The second kappa shape index (κ2) is 5.78. The van der Waals surface area contributed by atoms with E-state index < -0.39 is 0 Å². The zero-order valence-electron chi connectivity index (χ0n) is 11.9. The van der Waals surface area contributed by atoms with Crippen molar-refractivity contribution >= 4 is 11.6 Å². The third-order valence-corrected chi connectivity index (χ3v) is 4.86. The van der Waals surface area contributed by atoms with Gasteiger partial charge in [-0.2, -0.15) is 0 Å². The van der Waals surface area contributed by atoms with Gasteiger partial charge in [0, 0.05) is 17.0 Å². The van der Waals surface area contributed by atoms with Gasteiger partial charge in [0.25, 0.3) is 0 Å². The molecule has 1 aliphatic carbocycles. The third kappa shape index (κ3) is 2.70. The molecule has 3 heteroatoms. The van der Waals surface area contributed by atoms with Crippen molar-refractivity contribution in [3.05, 3.63) is 70.0 Å². The van der Waals surface area contributed by atoms with E-state index in [1.54, 1.807) is 12.1 Å². The van der Waals surface area contributed by atoms with Crippen LogP contribution in [-0.4, -0.2) is 6.54 Å². The summed E-state index contributed by atoms with van der Waals surface area (Å²) in [6, 6.07) is 13.3. The van der Waals surface area contributed by atoms with Gasteiger partial charge in [-0.1, -0.05) is 41.9 Å². The van der Waals surface area contributed by atoms with E-state index in [9.17, 15) is 4.39 Å². The molecule has 21 heavy (non-hydrogen) atoms. The molecule has 0 heterocycles. The molecule has 0 bridgehead atoms. The topological polar surface area (TPSA) is 26.0 Å². The summed E-state index contributed by atoms with van der Waals surface area (Å²) in [7, 11) is 0. The first-order chi connectivity index (χ1) is 10.1. The van der Waals surface area contributed by atoms with Crippen molar-refractivity contribution in [1.29, 1.82) is 0 Å². The molecule has 1 atom stereocenters. The minimum absolute atomic E-state index is 0.163. The van der Waals surface area contributed by atoms with Crippen LogP contribution in [0, 0.1) is 5.82 Å². The summed E-state index contributed by atoms with van der Waals surface area (Å²) >= 11 is 5.84. The van der Waals surface area contributed by atoms with Gasteiger partial charge in [-0.15, -0.1) is 0 Å². The Bertz CT molecular complexity index is 655. The van der Waals surface area contributed by atoms with Crippen molar-refractivity contribution in [2.75, 3.05) is 6.54 Å². The Labute approximate surface area is 129 Å².